The molecule has 1 atom stereocenters. The molecule has 1 saturated heterocycles. The van der Waals surface area contributed by atoms with E-state index < -0.39 is 6.04 Å². The van der Waals surface area contributed by atoms with Gasteiger partial charge in [-0.1, -0.05) is 0 Å². The van der Waals surface area contributed by atoms with Gasteiger partial charge in [-0.15, -0.1) is 0 Å². The minimum absolute atomic E-state index is 0.00501. The topological polar surface area (TPSA) is 111 Å². The summed E-state index contributed by atoms with van der Waals surface area (Å²) in [5.41, 5.74) is 3.20. The number of amides is 3. The third-order valence-electron chi connectivity index (χ3n) is 7.53. The van der Waals surface area contributed by atoms with Gasteiger partial charge in [-0.25, -0.2) is 4.79 Å². The van der Waals surface area contributed by atoms with Gasteiger partial charge in [-0.3, -0.25) is 9.78 Å². The quantitative estimate of drug-likeness (QED) is 0.519. The molecule has 0 radical (unpaired) electrons. The molecule has 0 bridgehead atoms. The largest absolute Gasteiger partial charge is 0.497 e. The minimum Gasteiger partial charge on any atom is -0.497 e. The summed E-state index contributed by atoms with van der Waals surface area (Å²) in [7, 11) is 1.63. The van der Waals surface area contributed by atoms with E-state index in [1.165, 1.54) is 0 Å². The predicted molar refractivity (Wildman–Crippen MR) is 136 cm³/mol. The molecule has 9 heteroatoms. The van der Waals surface area contributed by atoms with Gasteiger partial charge in [0.15, 0.2) is 0 Å². The van der Waals surface area contributed by atoms with Crippen molar-refractivity contribution in [2.24, 2.45) is 0 Å². The van der Waals surface area contributed by atoms with Crippen LogP contribution in [0.5, 0.6) is 5.75 Å². The lowest BCUT2D eigenvalue weighted by molar-refractivity contribution is 0.0524. The molecule has 4 heterocycles. The molecule has 2 aromatic heterocycles. The Kier molecular flexibility index (Phi) is 6.34. The van der Waals surface area contributed by atoms with Gasteiger partial charge >= 0.3 is 6.03 Å². The van der Waals surface area contributed by atoms with Crippen LogP contribution >= 0.6 is 0 Å². The Morgan fingerprint density at radius 2 is 1.94 bits per heavy atom. The van der Waals surface area contributed by atoms with Gasteiger partial charge in [-0.2, -0.15) is 0 Å². The number of pyridine rings is 1. The number of H-pyrrole nitrogens is 1. The van der Waals surface area contributed by atoms with Gasteiger partial charge in [0.05, 0.1) is 19.8 Å². The first-order valence-electron chi connectivity index (χ1n) is 12.4. The zero-order chi connectivity index (χ0) is 25.4. The van der Waals surface area contributed by atoms with Crippen LogP contribution in [0.2, 0.25) is 0 Å². The maximum absolute atomic E-state index is 13.3. The van der Waals surface area contributed by atoms with E-state index in [4.69, 9.17) is 4.74 Å². The fraction of sp³-hybridized carbons (Fsp3) is 0.444. The lowest BCUT2D eigenvalue weighted by Gasteiger charge is -2.50. The number of carbonyl (C=O) groups excluding carboxylic acids is 2. The van der Waals surface area contributed by atoms with E-state index in [2.05, 4.69) is 21.4 Å². The van der Waals surface area contributed by atoms with Crippen molar-refractivity contribution in [3.63, 3.8) is 0 Å². The summed E-state index contributed by atoms with van der Waals surface area (Å²) >= 11 is 0. The summed E-state index contributed by atoms with van der Waals surface area (Å²) in [6.07, 6.45) is 4.68. The molecule has 3 aromatic rings. The van der Waals surface area contributed by atoms with Crippen LogP contribution in [-0.2, 0) is 5.41 Å². The molecule has 36 heavy (non-hydrogen) atoms. The maximum Gasteiger partial charge on any atom is 0.318 e. The summed E-state index contributed by atoms with van der Waals surface area (Å²) in [6.45, 7) is 5.29. The van der Waals surface area contributed by atoms with Crippen LogP contribution in [0, 0.1) is 0 Å². The van der Waals surface area contributed by atoms with Crippen molar-refractivity contribution in [2.75, 3.05) is 33.4 Å². The van der Waals surface area contributed by atoms with Gasteiger partial charge in [-0.05, 0) is 56.5 Å². The molecule has 3 amide bonds. The molecule has 0 saturated carbocycles. The molecule has 2 aliphatic rings. The van der Waals surface area contributed by atoms with Crippen LogP contribution in [0.15, 0.2) is 42.7 Å². The number of nitrogens with one attached hydrogen (secondary N) is 2. The Balaban J connectivity index is 1.55. The van der Waals surface area contributed by atoms with Crippen molar-refractivity contribution in [1.29, 1.82) is 0 Å². The highest BCUT2D eigenvalue weighted by atomic mass is 16.5. The fourth-order valence-electron chi connectivity index (χ4n) is 5.77. The molecule has 5 rings (SSSR count). The second kappa shape index (κ2) is 9.46. The molecule has 1 aromatic carbocycles. The van der Waals surface area contributed by atoms with Gasteiger partial charge in [0, 0.05) is 71.7 Å². The summed E-state index contributed by atoms with van der Waals surface area (Å²) < 4.78 is 5.44. The summed E-state index contributed by atoms with van der Waals surface area (Å²) in [6, 6.07) is 8.72. The Hall–Kier alpha value is -3.59. The van der Waals surface area contributed by atoms with Gasteiger partial charge in [0.1, 0.15) is 5.75 Å². The molecule has 0 unspecified atom stereocenters. The lowest BCUT2D eigenvalue weighted by atomic mass is 9.68. The molecular formula is C27H33N5O4. The van der Waals surface area contributed by atoms with E-state index in [0.29, 0.717) is 38.0 Å². The smallest absolute Gasteiger partial charge is 0.318 e. The Morgan fingerprint density at radius 3 is 2.58 bits per heavy atom. The molecule has 3 N–H and O–H groups in total. The van der Waals surface area contributed by atoms with Crippen molar-refractivity contribution in [1.82, 2.24) is 25.1 Å². The highest BCUT2D eigenvalue weighted by Gasteiger charge is 2.49. The number of ether oxygens (including phenoxy) is 1. The lowest BCUT2D eigenvalue weighted by Crippen LogP contribution is -2.58. The first-order chi connectivity index (χ1) is 17.4. The summed E-state index contributed by atoms with van der Waals surface area (Å²) in [4.78, 5) is 37.6. The van der Waals surface area contributed by atoms with E-state index in [9.17, 15) is 14.7 Å². The number of benzene rings is 1. The second-order valence-corrected chi connectivity index (χ2v) is 10.1. The second-order valence-electron chi connectivity index (χ2n) is 10.1. The number of fused-ring (bicyclic) bond motifs is 4. The third-order valence-corrected chi connectivity index (χ3v) is 7.53. The average molecular weight is 492 g/mol. The van der Waals surface area contributed by atoms with Crippen molar-refractivity contribution >= 4 is 22.8 Å². The van der Waals surface area contributed by atoms with E-state index in [1.807, 2.05) is 30.9 Å². The van der Waals surface area contributed by atoms with E-state index in [0.717, 1.165) is 27.9 Å². The normalized spacial score (nSPS) is 19.0. The number of aliphatic hydroxyl groups excluding tert-OH is 1. The standard InChI is InChI=1S/C27H33N5O4/c1-17(2)29-26(35)32-16-27(8-12-31(13-9-27)25(34)18-6-10-28-11-7-18)23-20-5-4-19(36-3)14-21(20)30-24(23)22(32)15-33/h4-7,10-11,14,17,22,30,33H,8-9,12-13,15-16H2,1-3H3,(H,29,35)/t22-/m1/s1. The molecule has 2 aliphatic heterocycles. The Labute approximate surface area is 210 Å². The zero-order valence-electron chi connectivity index (χ0n) is 21.0. The number of likely N-dealkylation sites (tertiary alicyclic amines) is 1. The number of methoxy groups -OCH3 is 1. The monoisotopic (exact) mass is 491 g/mol. The van der Waals surface area contributed by atoms with Crippen LogP contribution in [0.3, 0.4) is 0 Å². The Morgan fingerprint density at radius 1 is 1.22 bits per heavy atom. The van der Waals surface area contributed by atoms with Gasteiger partial charge in [0.25, 0.3) is 5.91 Å². The van der Waals surface area contributed by atoms with Crippen molar-refractivity contribution in [3.8, 4) is 5.75 Å². The van der Waals surface area contributed by atoms with Crippen LogP contribution < -0.4 is 10.1 Å². The van der Waals surface area contributed by atoms with Crippen molar-refractivity contribution in [2.45, 2.75) is 44.2 Å². The van der Waals surface area contributed by atoms with Crippen LogP contribution in [0.4, 0.5) is 4.79 Å². The number of hydrogen-bond donors (Lipinski definition) is 3. The molecule has 190 valence electrons. The first kappa shape index (κ1) is 24.1. The number of aromatic nitrogens is 2. The third kappa shape index (κ3) is 4.07. The van der Waals surface area contributed by atoms with Crippen LogP contribution in [-0.4, -0.2) is 76.2 Å². The van der Waals surface area contributed by atoms with E-state index in [1.54, 1.807) is 36.5 Å². The number of aromatic amines is 1. The molecule has 0 aliphatic carbocycles. The SMILES string of the molecule is COc1ccc2c3c([nH]c2c1)[C@@H](CO)N(C(=O)NC(C)C)CC31CCN(C(=O)c2ccncc2)CC1. The Bertz CT molecular complexity index is 1260. The van der Waals surface area contributed by atoms with Crippen molar-refractivity contribution < 1.29 is 19.4 Å². The number of nitrogens with zero attached hydrogens (tertiary/aromatic N) is 3. The number of carbonyl (C=O) groups is 2. The number of hydrogen-bond acceptors (Lipinski definition) is 5. The van der Waals surface area contributed by atoms with Crippen LogP contribution in [0.25, 0.3) is 10.9 Å². The highest BCUT2D eigenvalue weighted by molar-refractivity contribution is 5.94. The fourth-order valence-corrected chi connectivity index (χ4v) is 5.77. The minimum atomic E-state index is -0.487. The summed E-state index contributed by atoms with van der Waals surface area (Å²) in [5, 5.41) is 14.5. The molecule has 1 fully saturated rings. The molecule has 9 nitrogen and oxygen atoms in total. The zero-order valence-corrected chi connectivity index (χ0v) is 21.0. The van der Waals surface area contributed by atoms with Crippen molar-refractivity contribution in [3.05, 3.63) is 59.5 Å². The number of rotatable bonds is 4. The average Bonchev–Trinajstić information content (AvgIpc) is 3.28. The van der Waals surface area contributed by atoms with Gasteiger partial charge in [0.2, 0.25) is 0 Å². The summed E-state index contributed by atoms with van der Waals surface area (Å²) in [5.74, 6) is 0.734. The van der Waals surface area contributed by atoms with E-state index in [-0.39, 0.29) is 30.0 Å². The molecular weight excluding hydrogens is 458 g/mol. The maximum atomic E-state index is 13.3. The number of aliphatic hydroxyl groups is 1. The number of urea groups is 1. The first-order valence-corrected chi connectivity index (χ1v) is 12.4. The number of piperidine rings is 1. The predicted octanol–water partition coefficient (Wildman–Crippen LogP) is 3.21. The van der Waals surface area contributed by atoms with Crippen LogP contribution in [0.1, 0.15) is 54.3 Å². The highest BCUT2D eigenvalue weighted by Crippen LogP contribution is 2.49. The van der Waals surface area contributed by atoms with Gasteiger partial charge < -0.3 is 29.9 Å². The van der Waals surface area contributed by atoms with E-state index >= 15 is 0 Å². The molecule has 1 spiro atoms.